The number of benzene rings is 1. The number of carbonyl (C=O) groups excluding carboxylic acids is 1. The number of H-pyrrole nitrogens is 1. The number of ether oxygens (including phenoxy) is 5. The number of hydrogen-bond acceptors (Lipinski definition) is 11. The number of aromatic nitrogens is 2. The maximum atomic E-state index is 14.0. The molecule has 2 N–H and O–H groups in total. The molecule has 0 spiro atoms. The van der Waals surface area contributed by atoms with Gasteiger partial charge < -0.3 is 38.9 Å². The first-order valence-electron chi connectivity index (χ1n) is 18.8. The second-order valence-corrected chi connectivity index (χ2v) is 16.0. The van der Waals surface area contributed by atoms with Gasteiger partial charge in [0.15, 0.2) is 17.8 Å². The summed E-state index contributed by atoms with van der Waals surface area (Å²) in [5.74, 6) is 1.01. The summed E-state index contributed by atoms with van der Waals surface area (Å²) in [4.78, 5) is 40.1. The zero-order valence-corrected chi connectivity index (χ0v) is 32.8. The normalized spacial score (nSPS) is 26.0. The standard InChI is InChI=1S/C40H53N5O7S/c1-23-16-33(53-7)32(39(47)43-23)19-42-38(46)30-17-31(27-8-13-34(41-18-27)45-20-24(2)50-25(3)21-45)37-36(26(30)4)51-40(5,52-37)28-9-11-29(12-10-28)44(6)22-35-48-14-15-49-35/h8,13,16-18,24-25,28-29,35H,9-12,14-15,19-22H2,1-7H3,(H,42,46)(H,43,47)/t24-,25?,28?,29?,40?/m0/s1. The quantitative estimate of drug-likeness (QED) is 0.249. The number of nitrogens with one attached hydrogen (secondary N) is 2. The Bertz CT molecular complexity index is 1850. The molecule has 0 bridgehead atoms. The summed E-state index contributed by atoms with van der Waals surface area (Å²) < 4.78 is 31.1. The molecular weight excluding hydrogens is 695 g/mol. The van der Waals surface area contributed by atoms with Crippen LogP contribution in [0.2, 0.25) is 0 Å². The molecule has 1 saturated carbocycles. The molecule has 53 heavy (non-hydrogen) atoms. The first kappa shape index (κ1) is 37.7. The third-order valence-electron chi connectivity index (χ3n) is 11.2. The molecule has 286 valence electrons. The van der Waals surface area contributed by atoms with Gasteiger partial charge in [-0.3, -0.25) is 14.5 Å². The molecule has 4 aliphatic rings. The van der Waals surface area contributed by atoms with Crippen molar-refractivity contribution >= 4 is 23.5 Å². The first-order valence-corrected chi connectivity index (χ1v) is 20.1. The summed E-state index contributed by atoms with van der Waals surface area (Å²) in [6, 6.07) is 8.29. The van der Waals surface area contributed by atoms with Gasteiger partial charge >= 0.3 is 0 Å². The van der Waals surface area contributed by atoms with Crippen molar-refractivity contribution in [1.82, 2.24) is 20.2 Å². The Morgan fingerprint density at radius 1 is 1.06 bits per heavy atom. The molecule has 5 heterocycles. The lowest BCUT2D eigenvalue weighted by Gasteiger charge is -2.40. The van der Waals surface area contributed by atoms with Crippen LogP contribution in [0.25, 0.3) is 11.1 Å². The molecular formula is C40H53N5O7S. The van der Waals surface area contributed by atoms with Crippen molar-refractivity contribution in [3.63, 3.8) is 0 Å². The molecule has 0 radical (unpaired) electrons. The second-order valence-electron chi connectivity index (χ2n) is 15.2. The first-order chi connectivity index (χ1) is 25.4. The number of aryl methyl sites for hydroxylation is 1. The van der Waals surface area contributed by atoms with E-state index in [1.165, 1.54) is 11.8 Å². The highest BCUT2D eigenvalue weighted by Gasteiger charge is 2.48. The summed E-state index contributed by atoms with van der Waals surface area (Å²) in [6.07, 6.45) is 7.71. The Kier molecular flexibility index (Phi) is 11.1. The summed E-state index contributed by atoms with van der Waals surface area (Å²) in [6.45, 7) is 13.6. The number of anilines is 1. The van der Waals surface area contributed by atoms with Crippen LogP contribution in [-0.4, -0.2) is 97.3 Å². The van der Waals surface area contributed by atoms with Gasteiger partial charge in [-0.25, -0.2) is 4.98 Å². The molecule has 1 aromatic carbocycles. The topological polar surface area (TPSA) is 127 Å². The van der Waals surface area contributed by atoms with Gasteiger partial charge in [0, 0.05) is 89.7 Å². The Morgan fingerprint density at radius 2 is 1.75 bits per heavy atom. The molecule has 13 heteroatoms. The largest absolute Gasteiger partial charge is 0.448 e. The summed E-state index contributed by atoms with van der Waals surface area (Å²) in [7, 11) is 2.15. The van der Waals surface area contributed by atoms with Crippen molar-refractivity contribution in [1.29, 1.82) is 0 Å². The van der Waals surface area contributed by atoms with Crippen molar-refractivity contribution < 1.29 is 28.5 Å². The number of thioether (sulfide) groups is 1. The molecule has 12 nitrogen and oxygen atoms in total. The summed E-state index contributed by atoms with van der Waals surface area (Å²) in [5.41, 5.74) is 3.82. The number of fused-ring (bicyclic) bond motifs is 1. The lowest BCUT2D eigenvalue weighted by atomic mass is 9.81. The van der Waals surface area contributed by atoms with Gasteiger partial charge in [0.25, 0.3) is 17.3 Å². The number of hydrogen-bond donors (Lipinski definition) is 2. The van der Waals surface area contributed by atoms with Gasteiger partial charge in [-0.15, -0.1) is 11.8 Å². The Hall–Kier alpha value is -3.62. The van der Waals surface area contributed by atoms with E-state index < -0.39 is 5.79 Å². The van der Waals surface area contributed by atoms with Crippen molar-refractivity contribution in [3.8, 4) is 22.6 Å². The minimum atomic E-state index is -0.909. The number of carbonyl (C=O) groups is 1. The predicted octanol–water partition coefficient (Wildman–Crippen LogP) is 5.67. The number of morpholine rings is 1. The van der Waals surface area contributed by atoms with Crippen LogP contribution in [0.15, 0.2) is 40.2 Å². The fraction of sp³-hybridized carbons (Fsp3) is 0.575. The van der Waals surface area contributed by atoms with Crippen LogP contribution < -0.4 is 25.2 Å². The highest BCUT2D eigenvalue weighted by Crippen LogP contribution is 2.53. The SMILES string of the molecule is CSc1cc(C)[nH]c(=O)c1CNC(=O)c1cc(-c2ccc(N3CC(C)O[C@@H](C)C3)nc2)c2c(c1C)OC(C)(C1CCC(N(C)CC3OCCO3)CC1)O2. The second kappa shape index (κ2) is 15.6. The van der Waals surface area contributed by atoms with Crippen molar-refractivity contribution in [2.24, 2.45) is 5.92 Å². The van der Waals surface area contributed by atoms with Crippen LogP contribution in [0.1, 0.15) is 73.6 Å². The Morgan fingerprint density at radius 3 is 2.42 bits per heavy atom. The van der Waals surface area contributed by atoms with Crippen molar-refractivity contribution in [2.45, 2.75) is 102 Å². The molecule has 1 aliphatic carbocycles. The fourth-order valence-corrected chi connectivity index (χ4v) is 9.04. The average Bonchev–Trinajstić information content (AvgIpc) is 3.79. The molecule has 3 fully saturated rings. The molecule has 2 saturated heterocycles. The fourth-order valence-electron chi connectivity index (χ4n) is 8.34. The smallest absolute Gasteiger partial charge is 0.254 e. The third-order valence-corrected chi connectivity index (χ3v) is 12.0. The number of amides is 1. The number of likely N-dealkylation sites (N-methyl/N-ethyl adjacent to an activating group) is 1. The van der Waals surface area contributed by atoms with Crippen LogP contribution in [0.4, 0.5) is 5.82 Å². The van der Waals surface area contributed by atoms with Crippen molar-refractivity contribution in [3.05, 3.63) is 63.2 Å². The van der Waals surface area contributed by atoms with Crippen LogP contribution in [-0.2, 0) is 20.8 Å². The van der Waals surface area contributed by atoms with Crippen LogP contribution in [0, 0.1) is 19.8 Å². The van der Waals surface area contributed by atoms with Crippen molar-refractivity contribution in [2.75, 3.05) is 51.1 Å². The van der Waals surface area contributed by atoms with Gasteiger partial charge in [0.2, 0.25) is 0 Å². The molecule has 2 aromatic heterocycles. The predicted molar refractivity (Wildman–Crippen MR) is 205 cm³/mol. The monoisotopic (exact) mass is 747 g/mol. The number of rotatable bonds is 10. The zero-order chi connectivity index (χ0) is 37.4. The molecule has 1 amide bonds. The number of nitrogens with zero attached hydrogens (tertiary/aromatic N) is 3. The zero-order valence-electron chi connectivity index (χ0n) is 32.0. The molecule has 2 unspecified atom stereocenters. The number of aromatic amines is 1. The molecule has 7 rings (SSSR count). The summed E-state index contributed by atoms with van der Waals surface area (Å²) >= 11 is 1.48. The molecule has 3 aliphatic heterocycles. The molecule has 3 atom stereocenters. The average molecular weight is 748 g/mol. The van der Waals surface area contributed by atoms with Gasteiger partial charge in [-0.2, -0.15) is 0 Å². The van der Waals surface area contributed by atoms with E-state index >= 15 is 0 Å². The van der Waals surface area contributed by atoms with E-state index in [2.05, 4.69) is 41.0 Å². The Labute approximate surface area is 316 Å². The van der Waals surface area contributed by atoms with Gasteiger partial charge in [-0.1, -0.05) is 0 Å². The Balaban J connectivity index is 1.16. The summed E-state index contributed by atoms with van der Waals surface area (Å²) in [5, 5.41) is 3.02. The number of pyridine rings is 2. The van der Waals surface area contributed by atoms with Crippen LogP contribution in [0.5, 0.6) is 11.5 Å². The maximum Gasteiger partial charge on any atom is 0.254 e. The lowest BCUT2D eigenvalue weighted by Crippen LogP contribution is -2.48. The van der Waals surface area contributed by atoms with Crippen LogP contribution >= 0.6 is 11.8 Å². The van der Waals surface area contributed by atoms with E-state index in [9.17, 15) is 9.59 Å². The van der Waals surface area contributed by atoms with Crippen LogP contribution in [0.3, 0.4) is 0 Å². The van der Waals surface area contributed by atoms with E-state index in [-0.39, 0.29) is 42.4 Å². The van der Waals surface area contributed by atoms with E-state index in [1.54, 1.807) is 0 Å². The highest BCUT2D eigenvalue weighted by atomic mass is 32.2. The van der Waals surface area contributed by atoms with Gasteiger partial charge in [0.05, 0.1) is 25.4 Å². The minimum absolute atomic E-state index is 0.0921. The molecule has 3 aromatic rings. The van der Waals surface area contributed by atoms with E-state index in [4.69, 9.17) is 28.7 Å². The van der Waals surface area contributed by atoms with E-state index in [0.717, 1.165) is 72.9 Å². The highest BCUT2D eigenvalue weighted by molar-refractivity contribution is 7.98. The van der Waals surface area contributed by atoms with Gasteiger partial charge in [0.1, 0.15) is 5.82 Å². The van der Waals surface area contributed by atoms with E-state index in [1.807, 2.05) is 57.5 Å². The third kappa shape index (κ3) is 7.95. The van der Waals surface area contributed by atoms with E-state index in [0.29, 0.717) is 47.4 Å². The van der Waals surface area contributed by atoms with Gasteiger partial charge in [-0.05, 0) is 90.9 Å². The lowest BCUT2D eigenvalue weighted by molar-refractivity contribution is -0.126. The maximum absolute atomic E-state index is 14.0. The minimum Gasteiger partial charge on any atom is -0.448 e.